The van der Waals surface area contributed by atoms with Crippen LogP contribution >= 0.6 is 0 Å². The van der Waals surface area contributed by atoms with Gasteiger partial charge in [0.25, 0.3) is 0 Å². The van der Waals surface area contributed by atoms with E-state index >= 15 is 0 Å². The van der Waals surface area contributed by atoms with Crippen molar-refractivity contribution in [3.63, 3.8) is 0 Å². The van der Waals surface area contributed by atoms with Gasteiger partial charge in [-0.1, -0.05) is 19.1 Å². The standard InChI is InChI=1S/C25H28O2/c1-2-24(26)20-3-7-22(8-4-20)27-23-9-5-21(6-10-23)25-14-17-11-18(15-25)13-19(12-17)16-25/h3-10,17-19H,2,11-16H2,1H3. The van der Waals surface area contributed by atoms with Crippen LogP contribution in [0.2, 0.25) is 0 Å². The molecule has 0 atom stereocenters. The number of carbonyl (C=O) groups is 1. The Morgan fingerprint density at radius 2 is 1.33 bits per heavy atom. The highest BCUT2D eigenvalue weighted by molar-refractivity contribution is 5.95. The zero-order valence-electron chi connectivity index (χ0n) is 16.1. The lowest BCUT2D eigenvalue weighted by atomic mass is 9.48. The molecule has 4 fully saturated rings. The predicted molar refractivity (Wildman–Crippen MR) is 107 cm³/mol. The molecule has 0 heterocycles. The maximum atomic E-state index is 11.7. The topological polar surface area (TPSA) is 26.3 Å². The summed E-state index contributed by atoms with van der Waals surface area (Å²) in [5.41, 5.74) is 2.72. The third kappa shape index (κ3) is 3.09. The van der Waals surface area contributed by atoms with E-state index in [4.69, 9.17) is 4.74 Å². The molecule has 0 saturated heterocycles. The number of benzene rings is 2. The van der Waals surface area contributed by atoms with Crippen LogP contribution in [0.4, 0.5) is 0 Å². The van der Waals surface area contributed by atoms with Crippen molar-refractivity contribution in [3.05, 3.63) is 59.7 Å². The van der Waals surface area contributed by atoms with Crippen molar-refractivity contribution in [1.82, 2.24) is 0 Å². The van der Waals surface area contributed by atoms with E-state index in [2.05, 4.69) is 24.3 Å². The third-order valence-electron chi connectivity index (χ3n) is 7.24. The first kappa shape index (κ1) is 17.0. The summed E-state index contributed by atoms with van der Waals surface area (Å²) in [5, 5.41) is 0. The summed E-state index contributed by atoms with van der Waals surface area (Å²) in [7, 11) is 0. The summed E-state index contributed by atoms with van der Waals surface area (Å²) in [6.45, 7) is 1.89. The van der Waals surface area contributed by atoms with Gasteiger partial charge in [0.15, 0.2) is 5.78 Å². The van der Waals surface area contributed by atoms with E-state index in [0.29, 0.717) is 11.8 Å². The lowest BCUT2D eigenvalue weighted by Crippen LogP contribution is -2.48. The van der Waals surface area contributed by atoms with Crippen molar-refractivity contribution >= 4 is 5.78 Å². The first-order valence-electron chi connectivity index (χ1n) is 10.6. The van der Waals surface area contributed by atoms with Crippen LogP contribution in [0.15, 0.2) is 48.5 Å². The van der Waals surface area contributed by atoms with Crippen LogP contribution in [0.25, 0.3) is 0 Å². The maximum absolute atomic E-state index is 11.7. The molecule has 4 aliphatic rings. The maximum Gasteiger partial charge on any atom is 0.162 e. The number of carbonyl (C=O) groups excluding carboxylic acids is 1. The Morgan fingerprint density at radius 1 is 0.852 bits per heavy atom. The van der Waals surface area contributed by atoms with Crippen LogP contribution in [0, 0.1) is 17.8 Å². The van der Waals surface area contributed by atoms with Gasteiger partial charge in [-0.15, -0.1) is 0 Å². The molecule has 4 saturated carbocycles. The Labute approximate surface area is 161 Å². The normalized spacial score (nSPS) is 31.1. The summed E-state index contributed by atoms with van der Waals surface area (Å²) in [6.07, 6.45) is 9.17. The molecule has 4 bridgehead atoms. The molecular weight excluding hydrogens is 332 g/mol. The van der Waals surface area contributed by atoms with Gasteiger partial charge >= 0.3 is 0 Å². The number of ketones is 1. The van der Waals surface area contributed by atoms with Crippen molar-refractivity contribution in [1.29, 1.82) is 0 Å². The number of hydrogen-bond acceptors (Lipinski definition) is 2. The Morgan fingerprint density at radius 3 is 1.81 bits per heavy atom. The lowest BCUT2D eigenvalue weighted by molar-refractivity contribution is -0.00519. The molecule has 6 rings (SSSR count). The molecule has 0 N–H and O–H groups in total. The first-order chi connectivity index (χ1) is 13.1. The smallest absolute Gasteiger partial charge is 0.162 e. The van der Waals surface area contributed by atoms with Crippen molar-refractivity contribution < 1.29 is 9.53 Å². The van der Waals surface area contributed by atoms with Crippen molar-refractivity contribution in [2.75, 3.05) is 0 Å². The second kappa shape index (κ2) is 6.51. The number of Topliss-reactive ketones (excluding diaryl/α,β-unsaturated/α-hetero) is 1. The van der Waals surface area contributed by atoms with E-state index in [1.54, 1.807) is 0 Å². The van der Waals surface area contributed by atoms with E-state index in [0.717, 1.165) is 34.8 Å². The first-order valence-corrected chi connectivity index (χ1v) is 10.6. The fourth-order valence-electron chi connectivity index (χ4n) is 6.39. The van der Waals surface area contributed by atoms with E-state index < -0.39 is 0 Å². The van der Waals surface area contributed by atoms with Gasteiger partial charge in [0, 0.05) is 12.0 Å². The lowest BCUT2D eigenvalue weighted by Gasteiger charge is -2.57. The summed E-state index contributed by atoms with van der Waals surface area (Å²) in [4.78, 5) is 11.7. The van der Waals surface area contributed by atoms with Gasteiger partial charge in [-0.25, -0.2) is 0 Å². The second-order valence-electron chi connectivity index (χ2n) is 9.13. The molecule has 2 aromatic carbocycles. The van der Waals surface area contributed by atoms with E-state index in [1.165, 1.54) is 44.1 Å². The highest BCUT2D eigenvalue weighted by Crippen LogP contribution is 2.60. The molecule has 0 unspecified atom stereocenters. The van der Waals surface area contributed by atoms with Crippen LogP contribution < -0.4 is 4.74 Å². The zero-order chi connectivity index (χ0) is 18.4. The fourth-order valence-corrected chi connectivity index (χ4v) is 6.39. The van der Waals surface area contributed by atoms with Crippen molar-refractivity contribution in [2.24, 2.45) is 17.8 Å². The molecule has 0 aliphatic heterocycles. The van der Waals surface area contributed by atoms with E-state index in [1.807, 2.05) is 31.2 Å². The van der Waals surface area contributed by atoms with Crippen molar-refractivity contribution in [3.8, 4) is 11.5 Å². The minimum Gasteiger partial charge on any atom is -0.457 e. The molecule has 0 aromatic heterocycles. The van der Waals surface area contributed by atoms with Gasteiger partial charge in [-0.05, 0) is 104 Å². The monoisotopic (exact) mass is 360 g/mol. The summed E-state index contributed by atoms with van der Waals surface area (Å²) in [6, 6.07) is 16.3. The molecule has 2 heteroatoms. The SMILES string of the molecule is CCC(=O)c1ccc(Oc2ccc(C34CC5CC(CC(C5)C3)C4)cc2)cc1. The van der Waals surface area contributed by atoms with Crippen LogP contribution in [0.3, 0.4) is 0 Å². The minimum atomic E-state index is 0.168. The quantitative estimate of drug-likeness (QED) is 0.566. The highest BCUT2D eigenvalue weighted by atomic mass is 16.5. The fraction of sp³-hybridized carbons (Fsp3) is 0.480. The van der Waals surface area contributed by atoms with Crippen LogP contribution in [0.5, 0.6) is 11.5 Å². The van der Waals surface area contributed by atoms with Gasteiger partial charge in [0.1, 0.15) is 11.5 Å². The summed E-state index contributed by atoms with van der Waals surface area (Å²) < 4.78 is 6.01. The van der Waals surface area contributed by atoms with Gasteiger partial charge in [-0.2, -0.15) is 0 Å². The third-order valence-corrected chi connectivity index (χ3v) is 7.24. The van der Waals surface area contributed by atoms with E-state index in [-0.39, 0.29) is 5.78 Å². The van der Waals surface area contributed by atoms with Gasteiger partial charge in [0.05, 0.1) is 0 Å². The van der Waals surface area contributed by atoms with E-state index in [9.17, 15) is 4.79 Å². The summed E-state index contributed by atoms with van der Waals surface area (Å²) in [5.74, 6) is 4.73. The molecule has 2 aromatic rings. The molecule has 0 spiro atoms. The molecule has 0 amide bonds. The van der Waals surface area contributed by atoms with Crippen LogP contribution in [0.1, 0.15) is 67.8 Å². The second-order valence-corrected chi connectivity index (χ2v) is 9.13. The molecule has 27 heavy (non-hydrogen) atoms. The Bertz CT molecular complexity index is 796. The molecular formula is C25H28O2. The zero-order valence-corrected chi connectivity index (χ0v) is 16.1. The highest BCUT2D eigenvalue weighted by Gasteiger charge is 2.51. The number of rotatable bonds is 5. The Balaban J connectivity index is 1.31. The average Bonchev–Trinajstić information content (AvgIpc) is 2.67. The predicted octanol–water partition coefficient (Wildman–Crippen LogP) is 6.54. The molecule has 2 nitrogen and oxygen atoms in total. The molecule has 0 radical (unpaired) electrons. The summed E-state index contributed by atoms with van der Waals surface area (Å²) >= 11 is 0. The van der Waals surface area contributed by atoms with Crippen LogP contribution in [-0.4, -0.2) is 5.78 Å². The molecule has 140 valence electrons. The van der Waals surface area contributed by atoms with Gasteiger partial charge < -0.3 is 4.74 Å². The van der Waals surface area contributed by atoms with Gasteiger partial charge in [0.2, 0.25) is 0 Å². The largest absolute Gasteiger partial charge is 0.457 e. The molecule has 4 aliphatic carbocycles. The van der Waals surface area contributed by atoms with Crippen LogP contribution in [-0.2, 0) is 5.41 Å². The van der Waals surface area contributed by atoms with Crippen molar-refractivity contribution in [2.45, 2.75) is 57.3 Å². The Kier molecular flexibility index (Phi) is 4.11. The number of hydrogen-bond donors (Lipinski definition) is 0. The minimum absolute atomic E-state index is 0.168. The number of ether oxygens (including phenoxy) is 1. The average molecular weight is 360 g/mol. The Hall–Kier alpha value is -2.09. The van der Waals surface area contributed by atoms with Gasteiger partial charge in [-0.3, -0.25) is 4.79 Å².